The molecule has 1 rings (SSSR count). The second-order valence-corrected chi connectivity index (χ2v) is 3.08. The fourth-order valence-electron chi connectivity index (χ4n) is 1.41. The Labute approximate surface area is 78.0 Å². The third-order valence-electron chi connectivity index (χ3n) is 2.16. The molecule has 0 aromatic carbocycles. The van der Waals surface area contributed by atoms with Gasteiger partial charge in [-0.15, -0.1) is 0 Å². The van der Waals surface area contributed by atoms with E-state index in [9.17, 15) is 4.79 Å². The summed E-state index contributed by atoms with van der Waals surface area (Å²) in [6.45, 7) is 2.88. The van der Waals surface area contributed by atoms with Gasteiger partial charge in [0, 0.05) is 24.4 Å². The average molecular weight is 181 g/mol. The van der Waals surface area contributed by atoms with E-state index in [0.29, 0.717) is 6.42 Å². The number of aldehydes is 1. The molecule has 0 unspecified atom stereocenters. The van der Waals surface area contributed by atoms with Crippen molar-refractivity contribution in [3.05, 3.63) is 23.5 Å². The molecular weight excluding hydrogens is 166 g/mol. The van der Waals surface area contributed by atoms with Crippen molar-refractivity contribution < 1.29 is 9.90 Å². The molecule has 1 aromatic heterocycles. The number of aromatic nitrogens is 1. The van der Waals surface area contributed by atoms with Crippen molar-refractivity contribution in [3.8, 4) is 0 Å². The molecule has 13 heavy (non-hydrogen) atoms. The summed E-state index contributed by atoms with van der Waals surface area (Å²) in [5.74, 6) is 0. The first kappa shape index (κ1) is 9.99. The van der Waals surface area contributed by atoms with Crippen molar-refractivity contribution >= 4 is 6.29 Å². The van der Waals surface area contributed by atoms with Crippen LogP contribution in [0, 0.1) is 6.92 Å². The van der Waals surface area contributed by atoms with Crippen LogP contribution in [0.2, 0.25) is 0 Å². The SMILES string of the molecule is Cc1ccc(CO)n1CCCC=O. The van der Waals surface area contributed by atoms with E-state index in [1.165, 1.54) is 0 Å². The lowest BCUT2D eigenvalue weighted by Gasteiger charge is -2.08. The van der Waals surface area contributed by atoms with Gasteiger partial charge < -0.3 is 14.5 Å². The number of carbonyl (C=O) groups is 1. The molecule has 0 aliphatic rings. The fourth-order valence-corrected chi connectivity index (χ4v) is 1.41. The quantitative estimate of drug-likeness (QED) is 0.549. The molecule has 0 saturated heterocycles. The van der Waals surface area contributed by atoms with Gasteiger partial charge in [-0.3, -0.25) is 0 Å². The summed E-state index contributed by atoms with van der Waals surface area (Å²) < 4.78 is 2.05. The first-order chi connectivity index (χ1) is 6.29. The molecule has 1 aromatic rings. The Morgan fingerprint density at radius 3 is 2.92 bits per heavy atom. The van der Waals surface area contributed by atoms with Gasteiger partial charge in [0.15, 0.2) is 0 Å². The largest absolute Gasteiger partial charge is 0.390 e. The molecule has 0 saturated carbocycles. The third kappa shape index (κ3) is 2.42. The average Bonchev–Trinajstić information content (AvgIpc) is 2.48. The Morgan fingerprint density at radius 1 is 1.54 bits per heavy atom. The van der Waals surface area contributed by atoms with Crippen LogP contribution in [-0.2, 0) is 17.9 Å². The molecule has 0 atom stereocenters. The summed E-state index contributed by atoms with van der Waals surface area (Å²) >= 11 is 0. The van der Waals surface area contributed by atoms with Crippen molar-refractivity contribution in [1.82, 2.24) is 4.57 Å². The summed E-state index contributed by atoms with van der Waals surface area (Å²) in [7, 11) is 0. The molecule has 0 fully saturated rings. The first-order valence-electron chi connectivity index (χ1n) is 4.49. The number of aliphatic hydroxyl groups excluding tert-OH is 1. The highest BCUT2D eigenvalue weighted by molar-refractivity contribution is 5.48. The van der Waals surface area contributed by atoms with Crippen LogP contribution >= 0.6 is 0 Å². The lowest BCUT2D eigenvalue weighted by molar-refractivity contribution is -0.107. The third-order valence-corrected chi connectivity index (χ3v) is 2.16. The molecule has 72 valence electrons. The Bertz CT molecular complexity index is 278. The number of unbranched alkanes of at least 4 members (excludes halogenated alkanes) is 1. The van der Waals surface area contributed by atoms with Crippen LogP contribution in [0.15, 0.2) is 12.1 Å². The Balaban J connectivity index is 2.62. The Kier molecular flexibility index (Phi) is 3.71. The number of aryl methyl sites for hydroxylation is 1. The van der Waals surface area contributed by atoms with Crippen molar-refractivity contribution in [3.63, 3.8) is 0 Å². The molecule has 0 spiro atoms. The fraction of sp³-hybridized carbons (Fsp3) is 0.500. The van der Waals surface area contributed by atoms with E-state index in [1.54, 1.807) is 0 Å². The monoisotopic (exact) mass is 181 g/mol. The lowest BCUT2D eigenvalue weighted by atomic mass is 10.3. The standard InChI is InChI=1S/C10H15NO2/c1-9-4-5-10(8-13)11(9)6-2-3-7-12/h4-5,7,13H,2-3,6,8H2,1H3. The zero-order chi connectivity index (χ0) is 9.68. The number of nitrogens with zero attached hydrogens (tertiary/aromatic N) is 1. The minimum atomic E-state index is 0.0644. The van der Waals surface area contributed by atoms with E-state index >= 15 is 0 Å². The highest BCUT2D eigenvalue weighted by Gasteiger charge is 2.02. The van der Waals surface area contributed by atoms with Crippen molar-refractivity contribution in [2.45, 2.75) is 32.9 Å². The minimum Gasteiger partial charge on any atom is -0.390 e. The van der Waals surface area contributed by atoms with Gasteiger partial charge in [-0.25, -0.2) is 0 Å². The van der Waals surface area contributed by atoms with E-state index in [1.807, 2.05) is 23.6 Å². The molecule has 0 aliphatic carbocycles. The molecule has 3 nitrogen and oxygen atoms in total. The van der Waals surface area contributed by atoms with E-state index in [2.05, 4.69) is 0 Å². The number of aliphatic hydroxyl groups is 1. The number of hydrogen-bond donors (Lipinski definition) is 1. The van der Waals surface area contributed by atoms with Gasteiger partial charge in [0.1, 0.15) is 6.29 Å². The smallest absolute Gasteiger partial charge is 0.120 e. The van der Waals surface area contributed by atoms with Gasteiger partial charge in [0.2, 0.25) is 0 Å². The van der Waals surface area contributed by atoms with E-state index in [0.717, 1.165) is 30.6 Å². The van der Waals surface area contributed by atoms with Crippen LogP contribution in [0.5, 0.6) is 0 Å². The van der Waals surface area contributed by atoms with Crippen LogP contribution in [0.1, 0.15) is 24.2 Å². The molecule has 1 N–H and O–H groups in total. The van der Waals surface area contributed by atoms with E-state index < -0.39 is 0 Å². The van der Waals surface area contributed by atoms with Gasteiger partial charge in [-0.2, -0.15) is 0 Å². The number of hydrogen-bond acceptors (Lipinski definition) is 2. The predicted molar refractivity (Wildman–Crippen MR) is 50.4 cm³/mol. The van der Waals surface area contributed by atoms with Crippen LogP contribution in [-0.4, -0.2) is 16.0 Å². The van der Waals surface area contributed by atoms with Crippen molar-refractivity contribution in [1.29, 1.82) is 0 Å². The van der Waals surface area contributed by atoms with Gasteiger partial charge in [0.25, 0.3) is 0 Å². The van der Waals surface area contributed by atoms with E-state index in [-0.39, 0.29) is 6.61 Å². The van der Waals surface area contributed by atoms with E-state index in [4.69, 9.17) is 5.11 Å². The maximum atomic E-state index is 10.1. The van der Waals surface area contributed by atoms with Crippen molar-refractivity contribution in [2.75, 3.05) is 0 Å². The molecule has 1 heterocycles. The number of rotatable bonds is 5. The highest BCUT2D eigenvalue weighted by atomic mass is 16.3. The summed E-state index contributed by atoms with van der Waals surface area (Å²) in [4.78, 5) is 10.1. The van der Waals surface area contributed by atoms with Crippen LogP contribution in [0.4, 0.5) is 0 Å². The van der Waals surface area contributed by atoms with Gasteiger partial charge in [-0.1, -0.05) is 0 Å². The maximum Gasteiger partial charge on any atom is 0.120 e. The zero-order valence-electron chi connectivity index (χ0n) is 7.86. The van der Waals surface area contributed by atoms with Crippen molar-refractivity contribution in [2.24, 2.45) is 0 Å². The van der Waals surface area contributed by atoms with Crippen LogP contribution in [0.25, 0.3) is 0 Å². The highest BCUT2D eigenvalue weighted by Crippen LogP contribution is 2.09. The Morgan fingerprint density at radius 2 is 2.31 bits per heavy atom. The molecule has 0 aliphatic heterocycles. The first-order valence-corrected chi connectivity index (χ1v) is 4.49. The summed E-state index contributed by atoms with van der Waals surface area (Å²) in [6, 6.07) is 3.89. The van der Waals surface area contributed by atoms with Gasteiger partial charge in [0.05, 0.1) is 6.61 Å². The summed E-state index contributed by atoms with van der Waals surface area (Å²) in [5.41, 5.74) is 2.05. The molecule has 0 amide bonds. The second-order valence-electron chi connectivity index (χ2n) is 3.08. The maximum absolute atomic E-state index is 10.1. The zero-order valence-corrected chi connectivity index (χ0v) is 7.86. The molecule has 0 bridgehead atoms. The summed E-state index contributed by atoms with van der Waals surface area (Å²) in [5, 5.41) is 9.00. The van der Waals surface area contributed by atoms with Gasteiger partial charge in [-0.05, 0) is 25.5 Å². The van der Waals surface area contributed by atoms with Crippen LogP contribution in [0.3, 0.4) is 0 Å². The topological polar surface area (TPSA) is 42.2 Å². The number of carbonyl (C=O) groups excluding carboxylic acids is 1. The predicted octanol–water partition coefficient (Wildman–Crippen LogP) is 1.27. The summed E-state index contributed by atoms with van der Waals surface area (Å²) in [6.07, 6.45) is 2.35. The second kappa shape index (κ2) is 4.82. The lowest BCUT2D eigenvalue weighted by Crippen LogP contribution is -2.04. The normalized spacial score (nSPS) is 10.3. The van der Waals surface area contributed by atoms with Gasteiger partial charge >= 0.3 is 0 Å². The molecular formula is C10H15NO2. The molecule has 0 radical (unpaired) electrons. The van der Waals surface area contributed by atoms with Crippen LogP contribution < -0.4 is 0 Å². The Hall–Kier alpha value is -1.09. The minimum absolute atomic E-state index is 0.0644. The molecule has 3 heteroatoms.